The molecule has 1 amide bonds. The number of benzene rings is 1. The number of aryl methyl sites for hydroxylation is 1. The first kappa shape index (κ1) is 20.7. The molecule has 162 valence electrons. The Morgan fingerprint density at radius 1 is 1.29 bits per heavy atom. The summed E-state index contributed by atoms with van der Waals surface area (Å²) in [6.07, 6.45) is 1.45. The third-order valence-electron chi connectivity index (χ3n) is 5.03. The molecule has 4 rings (SSSR count). The van der Waals surface area contributed by atoms with Crippen molar-refractivity contribution in [3.8, 4) is 11.1 Å². The van der Waals surface area contributed by atoms with E-state index < -0.39 is 18.1 Å². The van der Waals surface area contributed by atoms with Crippen LogP contribution >= 0.6 is 0 Å². The summed E-state index contributed by atoms with van der Waals surface area (Å²) in [7, 11) is 0. The van der Waals surface area contributed by atoms with Crippen LogP contribution in [0.25, 0.3) is 11.1 Å². The van der Waals surface area contributed by atoms with Crippen molar-refractivity contribution in [3.05, 3.63) is 54.1 Å². The van der Waals surface area contributed by atoms with E-state index in [2.05, 4.69) is 25.7 Å². The first-order valence-corrected chi connectivity index (χ1v) is 9.71. The predicted molar refractivity (Wildman–Crippen MR) is 110 cm³/mol. The molecular formula is C21H22F2N6O2. The van der Waals surface area contributed by atoms with E-state index in [1.165, 1.54) is 12.3 Å². The highest BCUT2D eigenvalue weighted by Gasteiger charge is 2.41. The molecule has 0 bridgehead atoms. The van der Waals surface area contributed by atoms with Crippen molar-refractivity contribution >= 4 is 17.7 Å². The fourth-order valence-electron chi connectivity index (χ4n) is 3.40. The van der Waals surface area contributed by atoms with Gasteiger partial charge in [-0.2, -0.15) is 5.10 Å². The standard InChI is InChI=1S/C21H22F2N6O2/c1-12-6-13(8-15(7-12)26-19-24-5-4-16(27-19)18(22)23)14-9-25-29(10-14)11-17-21(2,3)28-20(30)31-17/h4-10,17-18H,11H2,1-3H3,(H,28,30)(H,24,26,27)/t17-/m1/s1. The van der Waals surface area contributed by atoms with Gasteiger partial charge in [-0.05, 0) is 50.1 Å². The molecule has 1 aromatic carbocycles. The summed E-state index contributed by atoms with van der Waals surface area (Å²) in [5, 5.41) is 10.2. The van der Waals surface area contributed by atoms with E-state index in [1.54, 1.807) is 10.9 Å². The van der Waals surface area contributed by atoms with Crippen LogP contribution < -0.4 is 10.6 Å². The van der Waals surface area contributed by atoms with Gasteiger partial charge in [0, 0.05) is 23.6 Å². The normalized spacial score (nSPS) is 17.5. The maximum Gasteiger partial charge on any atom is 0.408 e. The van der Waals surface area contributed by atoms with Crippen LogP contribution in [0.1, 0.15) is 31.5 Å². The summed E-state index contributed by atoms with van der Waals surface area (Å²) >= 11 is 0. The van der Waals surface area contributed by atoms with Gasteiger partial charge in [-0.15, -0.1) is 0 Å². The molecule has 1 fully saturated rings. The molecule has 1 saturated heterocycles. The smallest absolute Gasteiger partial charge is 0.408 e. The number of carbonyl (C=O) groups is 1. The number of hydrogen-bond acceptors (Lipinski definition) is 6. The third-order valence-corrected chi connectivity index (χ3v) is 5.03. The van der Waals surface area contributed by atoms with E-state index in [4.69, 9.17) is 4.74 Å². The van der Waals surface area contributed by atoms with Gasteiger partial charge < -0.3 is 15.4 Å². The minimum absolute atomic E-state index is 0.0998. The second-order valence-electron chi connectivity index (χ2n) is 8.01. The maximum absolute atomic E-state index is 12.9. The largest absolute Gasteiger partial charge is 0.442 e. The molecule has 1 aliphatic heterocycles. The predicted octanol–water partition coefficient (Wildman–Crippen LogP) is 4.22. The number of anilines is 2. The van der Waals surface area contributed by atoms with Gasteiger partial charge in [0.2, 0.25) is 5.95 Å². The minimum Gasteiger partial charge on any atom is -0.442 e. The van der Waals surface area contributed by atoms with Gasteiger partial charge >= 0.3 is 6.09 Å². The van der Waals surface area contributed by atoms with Crippen LogP contribution in [0.5, 0.6) is 0 Å². The molecule has 0 spiro atoms. The Kier molecular flexibility index (Phi) is 5.30. The van der Waals surface area contributed by atoms with Crippen LogP contribution in [-0.2, 0) is 11.3 Å². The minimum atomic E-state index is -2.67. The number of nitrogens with one attached hydrogen (secondary N) is 2. The molecule has 1 atom stereocenters. The summed E-state index contributed by atoms with van der Waals surface area (Å²) in [5.74, 6) is 0.0998. The first-order chi connectivity index (χ1) is 14.7. The SMILES string of the molecule is Cc1cc(Nc2nccc(C(F)F)n2)cc(-c2cnn(C[C@H]3OC(=O)NC3(C)C)c2)c1. The summed E-state index contributed by atoms with van der Waals surface area (Å²) in [4.78, 5) is 19.4. The van der Waals surface area contributed by atoms with Crippen molar-refractivity contribution in [1.29, 1.82) is 0 Å². The Labute approximate surface area is 177 Å². The van der Waals surface area contributed by atoms with Crippen LogP contribution in [0.4, 0.5) is 25.2 Å². The Hall–Kier alpha value is -3.56. The highest BCUT2D eigenvalue weighted by Crippen LogP contribution is 2.27. The molecule has 10 heteroatoms. The number of cyclic esters (lactones) is 1. The van der Waals surface area contributed by atoms with Crippen LogP contribution in [0, 0.1) is 6.92 Å². The lowest BCUT2D eigenvalue weighted by atomic mass is 9.99. The highest BCUT2D eigenvalue weighted by atomic mass is 19.3. The average molecular weight is 428 g/mol. The molecule has 3 aromatic rings. The van der Waals surface area contributed by atoms with Crippen molar-refractivity contribution in [2.24, 2.45) is 0 Å². The van der Waals surface area contributed by atoms with Gasteiger partial charge in [-0.25, -0.2) is 23.5 Å². The Balaban J connectivity index is 1.54. The van der Waals surface area contributed by atoms with Crippen molar-refractivity contribution < 1.29 is 18.3 Å². The van der Waals surface area contributed by atoms with Gasteiger partial charge in [0.1, 0.15) is 11.8 Å². The second kappa shape index (κ2) is 7.93. The van der Waals surface area contributed by atoms with E-state index in [9.17, 15) is 13.6 Å². The number of alkyl carbamates (subject to hydrolysis) is 1. The van der Waals surface area contributed by atoms with E-state index in [-0.39, 0.29) is 17.7 Å². The van der Waals surface area contributed by atoms with Crippen LogP contribution in [0.3, 0.4) is 0 Å². The molecule has 3 heterocycles. The topological polar surface area (TPSA) is 94.0 Å². The lowest BCUT2D eigenvalue weighted by Crippen LogP contribution is -2.44. The molecule has 31 heavy (non-hydrogen) atoms. The average Bonchev–Trinajstić information content (AvgIpc) is 3.25. The second-order valence-corrected chi connectivity index (χ2v) is 8.01. The number of rotatable bonds is 6. The van der Waals surface area contributed by atoms with Crippen molar-refractivity contribution in [3.63, 3.8) is 0 Å². The van der Waals surface area contributed by atoms with Gasteiger partial charge in [0.15, 0.2) is 0 Å². The van der Waals surface area contributed by atoms with Crippen LogP contribution in [-0.4, -0.2) is 37.5 Å². The zero-order valence-corrected chi connectivity index (χ0v) is 17.3. The van der Waals surface area contributed by atoms with E-state index in [0.29, 0.717) is 12.2 Å². The fourth-order valence-corrected chi connectivity index (χ4v) is 3.40. The van der Waals surface area contributed by atoms with E-state index in [1.807, 2.05) is 45.2 Å². The zero-order chi connectivity index (χ0) is 22.2. The Morgan fingerprint density at radius 3 is 2.81 bits per heavy atom. The summed E-state index contributed by atoms with van der Waals surface area (Å²) in [5.41, 5.74) is 2.56. The number of alkyl halides is 2. The third kappa shape index (κ3) is 4.62. The molecule has 0 saturated carbocycles. The quantitative estimate of drug-likeness (QED) is 0.611. The molecule has 0 radical (unpaired) electrons. The van der Waals surface area contributed by atoms with Crippen molar-refractivity contribution in [2.75, 3.05) is 5.32 Å². The van der Waals surface area contributed by atoms with Gasteiger partial charge in [0.05, 0.1) is 18.3 Å². The molecule has 8 nitrogen and oxygen atoms in total. The molecule has 2 N–H and O–H groups in total. The monoisotopic (exact) mass is 428 g/mol. The van der Waals surface area contributed by atoms with Crippen LogP contribution in [0.2, 0.25) is 0 Å². The van der Waals surface area contributed by atoms with Crippen molar-refractivity contribution in [2.45, 2.75) is 45.4 Å². The van der Waals surface area contributed by atoms with E-state index >= 15 is 0 Å². The summed E-state index contributed by atoms with van der Waals surface area (Å²) in [6.45, 7) is 6.14. The molecule has 0 aliphatic carbocycles. The highest BCUT2D eigenvalue weighted by molar-refractivity contribution is 5.71. The molecular weight excluding hydrogens is 406 g/mol. The van der Waals surface area contributed by atoms with Crippen molar-refractivity contribution in [1.82, 2.24) is 25.1 Å². The number of nitrogens with zero attached hydrogens (tertiary/aromatic N) is 4. The maximum atomic E-state index is 12.9. The zero-order valence-electron chi connectivity index (χ0n) is 17.3. The van der Waals surface area contributed by atoms with Crippen LogP contribution in [0.15, 0.2) is 42.9 Å². The molecule has 2 aromatic heterocycles. The Bertz CT molecular complexity index is 1110. The van der Waals surface area contributed by atoms with Gasteiger partial charge in [-0.3, -0.25) is 4.68 Å². The molecule has 1 aliphatic rings. The first-order valence-electron chi connectivity index (χ1n) is 9.71. The number of halogens is 2. The fraction of sp³-hybridized carbons (Fsp3) is 0.333. The number of amides is 1. The number of ether oxygens (including phenoxy) is 1. The Morgan fingerprint density at radius 2 is 2.10 bits per heavy atom. The number of hydrogen-bond donors (Lipinski definition) is 2. The van der Waals surface area contributed by atoms with Gasteiger partial charge in [-0.1, -0.05) is 6.07 Å². The number of aromatic nitrogens is 4. The lowest BCUT2D eigenvalue weighted by Gasteiger charge is -2.23. The van der Waals surface area contributed by atoms with E-state index in [0.717, 1.165) is 16.7 Å². The van der Waals surface area contributed by atoms with Gasteiger partial charge in [0.25, 0.3) is 6.43 Å². The summed E-state index contributed by atoms with van der Waals surface area (Å²) in [6, 6.07) is 6.92. The summed E-state index contributed by atoms with van der Waals surface area (Å²) < 4.78 is 32.9. The lowest BCUT2D eigenvalue weighted by molar-refractivity contribution is 0.101. The molecule has 0 unspecified atom stereocenters. The number of carbonyl (C=O) groups excluding carboxylic acids is 1.